The number of nitrogens with zero attached hydrogens (tertiary/aromatic N) is 2. The SMILES string of the molecule is C=C(C)Cn1nc2c3c(cccc3c1=O)-c1ccccc1-2. The zero-order valence-corrected chi connectivity index (χ0v) is 11.8. The molecule has 1 aliphatic carbocycles. The molecule has 0 atom stereocenters. The maximum atomic E-state index is 12.6. The molecule has 1 aromatic heterocycles. The van der Waals surface area contributed by atoms with Crippen LogP contribution >= 0.6 is 0 Å². The molecule has 0 aliphatic heterocycles. The van der Waals surface area contributed by atoms with Gasteiger partial charge in [0.15, 0.2) is 0 Å². The fraction of sp³-hybridized carbons (Fsp3) is 0.111. The van der Waals surface area contributed by atoms with Gasteiger partial charge in [-0.15, -0.1) is 0 Å². The van der Waals surface area contributed by atoms with E-state index in [1.165, 1.54) is 4.68 Å². The second-order valence-corrected chi connectivity index (χ2v) is 5.54. The van der Waals surface area contributed by atoms with E-state index in [2.05, 4.69) is 29.9 Å². The molecule has 3 heteroatoms. The van der Waals surface area contributed by atoms with Crippen LogP contribution in [0.4, 0.5) is 0 Å². The molecule has 2 aromatic carbocycles. The number of aromatic nitrogens is 2. The number of benzene rings is 2. The van der Waals surface area contributed by atoms with Crippen LogP contribution in [-0.2, 0) is 6.54 Å². The summed E-state index contributed by atoms with van der Waals surface area (Å²) in [4.78, 5) is 12.6. The molecule has 0 N–H and O–H groups in total. The van der Waals surface area contributed by atoms with Crippen LogP contribution in [0.1, 0.15) is 6.92 Å². The molecule has 102 valence electrons. The van der Waals surface area contributed by atoms with Crippen LogP contribution in [-0.4, -0.2) is 9.78 Å². The number of rotatable bonds is 2. The van der Waals surface area contributed by atoms with Gasteiger partial charge in [0, 0.05) is 10.9 Å². The minimum Gasteiger partial charge on any atom is -0.267 e. The third kappa shape index (κ3) is 1.61. The van der Waals surface area contributed by atoms with Crippen molar-refractivity contribution in [3.05, 3.63) is 65.0 Å². The van der Waals surface area contributed by atoms with Crippen molar-refractivity contribution >= 4 is 10.8 Å². The Balaban J connectivity index is 2.16. The average molecular weight is 274 g/mol. The summed E-state index contributed by atoms with van der Waals surface area (Å²) in [5, 5.41) is 6.30. The largest absolute Gasteiger partial charge is 0.274 e. The van der Waals surface area contributed by atoms with E-state index in [1.807, 2.05) is 31.2 Å². The van der Waals surface area contributed by atoms with E-state index < -0.39 is 0 Å². The second-order valence-electron chi connectivity index (χ2n) is 5.54. The van der Waals surface area contributed by atoms with Crippen LogP contribution in [0.2, 0.25) is 0 Å². The smallest absolute Gasteiger partial charge is 0.267 e. The van der Waals surface area contributed by atoms with Crippen molar-refractivity contribution < 1.29 is 0 Å². The average Bonchev–Trinajstić information content (AvgIpc) is 2.80. The summed E-state index contributed by atoms with van der Waals surface area (Å²) in [5.74, 6) is 0. The predicted molar refractivity (Wildman–Crippen MR) is 85.2 cm³/mol. The topological polar surface area (TPSA) is 34.9 Å². The molecule has 0 unspecified atom stereocenters. The molecule has 0 saturated heterocycles. The molecule has 0 saturated carbocycles. The van der Waals surface area contributed by atoms with Gasteiger partial charge < -0.3 is 0 Å². The zero-order chi connectivity index (χ0) is 14.6. The second kappa shape index (κ2) is 4.16. The maximum absolute atomic E-state index is 12.6. The van der Waals surface area contributed by atoms with Crippen molar-refractivity contribution in [2.45, 2.75) is 13.5 Å². The van der Waals surface area contributed by atoms with Gasteiger partial charge in [-0.05, 0) is 24.1 Å². The summed E-state index contributed by atoms with van der Waals surface area (Å²) in [6.45, 7) is 6.24. The highest BCUT2D eigenvalue weighted by molar-refractivity contribution is 6.13. The van der Waals surface area contributed by atoms with Gasteiger partial charge >= 0.3 is 0 Å². The Labute approximate surface area is 122 Å². The fourth-order valence-corrected chi connectivity index (χ4v) is 3.04. The maximum Gasteiger partial charge on any atom is 0.274 e. The highest BCUT2D eigenvalue weighted by Crippen LogP contribution is 2.44. The lowest BCUT2D eigenvalue weighted by Gasteiger charge is -2.08. The van der Waals surface area contributed by atoms with Gasteiger partial charge in [-0.2, -0.15) is 5.10 Å². The lowest BCUT2D eigenvalue weighted by atomic mass is 10.0. The Morgan fingerprint density at radius 2 is 1.81 bits per heavy atom. The van der Waals surface area contributed by atoms with Crippen molar-refractivity contribution in [2.75, 3.05) is 0 Å². The lowest BCUT2D eigenvalue weighted by molar-refractivity contribution is 0.644. The number of fused-ring (bicyclic) bond motifs is 3. The first kappa shape index (κ1) is 12.1. The van der Waals surface area contributed by atoms with Crippen LogP contribution < -0.4 is 5.56 Å². The van der Waals surface area contributed by atoms with Crippen LogP contribution in [0.5, 0.6) is 0 Å². The third-order valence-corrected chi connectivity index (χ3v) is 3.88. The number of allylic oxidation sites excluding steroid dienone is 1. The van der Waals surface area contributed by atoms with Crippen molar-refractivity contribution in [3.8, 4) is 22.4 Å². The molecular weight excluding hydrogens is 260 g/mol. The summed E-state index contributed by atoms with van der Waals surface area (Å²) in [6, 6.07) is 14.0. The van der Waals surface area contributed by atoms with Gasteiger partial charge in [-0.1, -0.05) is 48.6 Å². The standard InChI is InChI=1S/C18H14N2O/c1-11(2)10-20-18(21)15-9-5-8-13-12-6-3-4-7-14(12)17(19-20)16(13)15/h3-9H,1,10H2,2H3. The quantitative estimate of drug-likeness (QED) is 0.523. The summed E-state index contributed by atoms with van der Waals surface area (Å²) in [7, 11) is 0. The van der Waals surface area contributed by atoms with Crippen LogP contribution in [0.25, 0.3) is 33.2 Å². The first-order chi connectivity index (χ1) is 10.2. The highest BCUT2D eigenvalue weighted by atomic mass is 16.1. The Morgan fingerprint density at radius 3 is 2.57 bits per heavy atom. The fourth-order valence-electron chi connectivity index (χ4n) is 3.04. The third-order valence-electron chi connectivity index (χ3n) is 3.88. The zero-order valence-electron chi connectivity index (χ0n) is 11.8. The predicted octanol–water partition coefficient (Wildman–Crippen LogP) is 3.62. The number of hydrogen-bond donors (Lipinski definition) is 0. The minimum atomic E-state index is -0.0496. The minimum absolute atomic E-state index is 0.0496. The lowest BCUT2D eigenvalue weighted by Crippen LogP contribution is -2.23. The highest BCUT2D eigenvalue weighted by Gasteiger charge is 2.24. The molecule has 21 heavy (non-hydrogen) atoms. The molecule has 3 nitrogen and oxygen atoms in total. The van der Waals surface area contributed by atoms with Crippen LogP contribution in [0.15, 0.2) is 59.4 Å². The Morgan fingerprint density at radius 1 is 1.10 bits per heavy atom. The van der Waals surface area contributed by atoms with Gasteiger partial charge in [0.2, 0.25) is 0 Å². The van der Waals surface area contributed by atoms with E-state index in [0.29, 0.717) is 6.54 Å². The normalized spacial score (nSPS) is 11.7. The summed E-state index contributed by atoms with van der Waals surface area (Å²) < 4.78 is 1.52. The molecule has 4 rings (SSSR count). The van der Waals surface area contributed by atoms with Gasteiger partial charge in [0.25, 0.3) is 5.56 Å². The monoisotopic (exact) mass is 274 g/mol. The molecule has 1 heterocycles. The van der Waals surface area contributed by atoms with E-state index in [-0.39, 0.29) is 5.56 Å². The van der Waals surface area contributed by atoms with Gasteiger partial charge in [0.05, 0.1) is 11.9 Å². The Kier molecular flexibility index (Phi) is 2.39. The molecule has 0 radical (unpaired) electrons. The van der Waals surface area contributed by atoms with Gasteiger partial charge in [-0.3, -0.25) is 4.79 Å². The van der Waals surface area contributed by atoms with Crippen molar-refractivity contribution in [1.82, 2.24) is 9.78 Å². The summed E-state index contributed by atoms with van der Waals surface area (Å²) in [5.41, 5.74) is 5.12. The van der Waals surface area contributed by atoms with Crippen molar-refractivity contribution in [3.63, 3.8) is 0 Å². The van der Waals surface area contributed by atoms with Crippen molar-refractivity contribution in [1.29, 1.82) is 0 Å². The molecule has 0 amide bonds. The van der Waals surface area contributed by atoms with E-state index in [1.54, 1.807) is 0 Å². The molecular formula is C18H14N2O. The molecule has 0 fully saturated rings. The van der Waals surface area contributed by atoms with Gasteiger partial charge in [0.1, 0.15) is 5.69 Å². The van der Waals surface area contributed by atoms with Crippen molar-refractivity contribution in [2.24, 2.45) is 0 Å². The molecule has 0 spiro atoms. The first-order valence-corrected chi connectivity index (χ1v) is 6.95. The van der Waals surface area contributed by atoms with Crippen LogP contribution in [0, 0.1) is 0 Å². The molecule has 0 bridgehead atoms. The molecule has 1 aliphatic rings. The van der Waals surface area contributed by atoms with Gasteiger partial charge in [-0.25, -0.2) is 4.68 Å². The van der Waals surface area contributed by atoms with E-state index in [0.717, 1.165) is 38.7 Å². The summed E-state index contributed by atoms with van der Waals surface area (Å²) >= 11 is 0. The summed E-state index contributed by atoms with van der Waals surface area (Å²) in [6.07, 6.45) is 0. The molecule has 3 aromatic rings. The first-order valence-electron chi connectivity index (χ1n) is 6.95. The van der Waals surface area contributed by atoms with E-state index in [9.17, 15) is 4.79 Å². The Bertz CT molecular complexity index is 967. The number of hydrogen-bond acceptors (Lipinski definition) is 2. The Hall–Kier alpha value is -2.68. The van der Waals surface area contributed by atoms with E-state index in [4.69, 9.17) is 0 Å². The van der Waals surface area contributed by atoms with E-state index >= 15 is 0 Å². The van der Waals surface area contributed by atoms with Crippen LogP contribution in [0.3, 0.4) is 0 Å².